The van der Waals surface area contributed by atoms with E-state index in [4.69, 9.17) is 10.3 Å². The Hall–Kier alpha value is -3.19. The van der Waals surface area contributed by atoms with E-state index in [1.54, 1.807) is 0 Å². The number of amides is 4. The number of sulfonamides is 1. The molecule has 1 aliphatic heterocycles. The minimum absolute atomic E-state index is 0.00165. The maximum atomic E-state index is 12.7. The second-order valence-corrected chi connectivity index (χ2v) is 9.45. The maximum Gasteiger partial charge on any atom is 0.501 e. The summed E-state index contributed by atoms with van der Waals surface area (Å²) in [5, 5.41) is 2.54. The minimum atomic E-state index is -3.76. The van der Waals surface area contributed by atoms with Crippen molar-refractivity contribution in [3.8, 4) is 0 Å². The molecule has 0 radical (unpaired) electrons. The molecule has 3 N–H and O–H groups in total. The fourth-order valence-electron chi connectivity index (χ4n) is 3.16. The van der Waals surface area contributed by atoms with E-state index in [1.807, 2.05) is 6.92 Å². The van der Waals surface area contributed by atoms with Crippen LogP contribution in [0.15, 0.2) is 28.3 Å². The van der Waals surface area contributed by atoms with Crippen molar-refractivity contribution in [3.05, 3.63) is 35.5 Å². The van der Waals surface area contributed by atoms with Crippen molar-refractivity contribution < 1.29 is 31.9 Å². The normalized spacial score (nSPS) is 22.8. The van der Waals surface area contributed by atoms with Gasteiger partial charge in [-0.1, -0.05) is 11.2 Å². The maximum absolute atomic E-state index is 12.7. The summed E-state index contributed by atoms with van der Waals surface area (Å²) < 4.78 is 34.0. The molecule has 0 saturated heterocycles. The zero-order valence-corrected chi connectivity index (χ0v) is 17.0. The lowest BCUT2D eigenvalue weighted by atomic mass is 10.00. The number of nitrogens with zero attached hydrogens (tertiary/aromatic N) is 4. The second-order valence-electron chi connectivity index (χ2n) is 7.61. The number of nitrogens with one attached hydrogen (secondary N) is 1. The van der Waals surface area contributed by atoms with E-state index in [2.05, 4.69) is 14.9 Å². The first-order chi connectivity index (χ1) is 14.0. The number of hydrogen-bond donors (Lipinski definition) is 2. The molecule has 2 aliphatic carbocycles. The van der Waals surface area contributed by atoms with Gasteiger partial charge in [0.15, 0.2) is 6.54 Å². The van der Waals surface area contributed by atoms with Crippen LogP contribution in [0.1, 0.15) is 36.3 Å². The van der Waals surface area contributed by atoms with Gasteiger partial charge in [0, 0.05) is 5.54 Å². The lowest BCUT2D eigenvalue weighted by Gasteiger charge is -2.24. The summed E-state index contributed by atoms with van der Waals surface area (Å²) in [5.74, 6) is -1.95. The summed E-state index contributed by atoms with van der Waals surface area (Å²) in [7, 11) is -2.47. The first kappa shape index (κ1) is 20.1. The predicted octanol–water partition coefficient (Wildman–Crippen LogP) is -0.949. The van der Waals surface area contributed by atoms with Crippen molar-refractivity contribution >= 4 is 33.6 Å². The summed E-state index contributed by atoms with van der Waals surface area (Å²) in [5.41, 5.74) is 4.89. The van der Waals surface area contributed by atoms with Crippen LogP contribution in [-0.4, -0.2) is 69.4 Å². The number of imide groups is 1. The van der Waals surface area contributed by atoms with Crippen LogP contribution in [0.25, 0.3) is 0 Å². The average molecular weight is 435 g/mol. The Labute approximate surface area is 171 Å². The van der Waals surface area contributed by atoms with E-state index in [0.29, 0.717) is 0 Å². The molecule has 1 aromatic heterocycles. The fraction of sp³-hybridized carbons (Fsp3) is 0.412. The van der Waals surface area contributed by atoms with Gasteiger partial charge in [0.25, 0.3) is 0 Å². The van der Waals surface area contributed by atoms with Gasteiger partial charge in [0.2, 0.25) is 15.8 Å². The molecule has 2 heterocycles. The molecule has 0 aromatic carbocycles. The van der Waals surface area contributed by atoms with Gasteiger partial charge in [-0.3, -0.25) is 4.79 Å². The lowest BCUT2D eigenvalue weighted by Crippen LogP contribution is -2.50. The van der Waals surface area contributed by atoms with Crippen LogP contribution < -0.4 is 10.5 Å². The highest BCUT2D eigenvalue weighted by Crippen LogP contribution is 2.36. The van der Waals surface area contributed by atoms with E-state index in [-0.39, 0.29) is 23.7 Å². The average Bonchev–Trinajstić information content (AvgIpc) is 3.21. The number of aromatic nitrogens is 2. The monoisotopic (exact) mass is 435 g/mol. The molecule has 1 fully saturated rings. The molecule has 13 heteroatoms. The molecule has 30 heavy (non-hydrogen) atoms. The zero-order chi connectivity index (χ0) is 21.8. The first-order valence-corrected chi connectivity index (χ1v) is 10.6. The standard InChI is InChI=1S/C17H18N6O6S/c1-17(5-6-17)21-30(27,28)9-3-4-11-10(7-9)15(25)22(2)16(26)23(11)8-12-19-14(13(18)24)29-20-12/h3-4,7,9,21H,5-6,8H2,1-2H3,(H-,18,24)/p+1. The number of likely N-dealkylation sites (N-methyl/N-ethyl adjacent to an activating group) is 1. The number of primary amides is 1. The van der Waals surface area contributed by atoms with Crippen molar-refractivity contribution in [1.82, 2.24) is 19.8 Å². The first-order valence-electron chi connectivity index (χ1n) is 9.03. The second kappa shape index (κ2) is 6.67. The molecular formula is C17H19N6O6S+. The Morgan fingerprint density at radius 3 is 2.73 bits per heavy atom. The van der Waals surface area contributed by atoms with Crippen molar-refractivity contribution in [1.29, 1.82) is 0 Å². The summed E-state index contributed by atoms with van der Waals surface area (Å²) >= 11 is 0. The number of nitrogens with two attached hydrogens (primary N) is 1. The van der Waals surface area contributed by atoms with Gasteiger partial charge in [-0.15, -0.1) is 0 Å². The van der Waals surface area contributed by atoms with Gasteiger partial charge in [0.1, 0.15) is 16.5 Å². The molecule has 1 aromatic rings. The SMILES string of the molecule is CN1C(=O)C2=CC(S(=O)(=O)NC3(C)CC3)C=CC2=[N+](Cc2noc(C(N)=O)n2)C1=O. The van der Waals surface area contributed by atoms with E-state index in [9.17, 15) is 22.8 Å². The third-order valence-electron chi connectivity index (χ3n) is 5.12. The van der Waals surface area contributed by atoms with Crippen LogP contribution in [0, 0.1) is 0 Å². The van der Waals surface area contributed by atoms with Crippen LogP contribution in [0.2, 0.25) is 0 Å². The Kier molecular flexibility index (Phi) is 4.47. The number of rotatable bonds is 6. The Morgan fingerprint density at radius 2 is 2.13 bits per heavy atom. The molecule has 3 aliphatic rings. The summed E-state index contributed by atoms with van der Waals surface area (Å²) in [4.78, 5) is 41.1. The largest absolute Gasteiger partial charge is 0.501 e. The van der Waals surface area contributed by atoms with E-state index < -0.39 is 44.5 Å². The summed E-state index contributed by atoms with van der Waals surface area (Å²) in [6, 6.07) is -0.660. The topological polar surface area (TPSA) is 169 Å². The number of carbonyl (C=O) groups excluding carboxylic acids is 3. The van der Waals surface area contributed by atoms with Crippen molar-refractivity contribution in [3.63, 3.8) is 0 Å². The van der Waals surface area contributed by atoms with Crippen molar-refractivity contribution in [2.45, 2.75) is 37.1 Å². The van der Waals surface area contributed by atoms with E-state index in [0.717, 1.165) is 17.7 Å². The van der Waals surface area contributed by atoms with Gasteiger partial charge in [-0.05, 0) is 31.9 Å². The minimum Gasteiger partial charge on any atom is -0.361 e. The van der Waals surface area contributed by atoms with E-state index in [1.165, 1.54) is 29.9 Å². The highest BCUT2D eigenvalue weighted by Gasteiger charge is 2.46. The molecular weight excluding hydrogens is 416 g/mol. The van der Waals surface area contributed by atoms with Crippen molar-refractivity contribution in [2.24, 2.45) is 5.73 Å². The molecule has 1 saturated carbocycles. The van der Waals surface area contributed by atoms with Gasteiger partial charge in [0.05, 0.1) is 7.05 Å². The van der Waals surface area contributed by atoms with Crippen LogP contribution in [0.4, 0.5) is 4.79 Å². The molecule has 0 spiro atoms. The van der Waals surface area contributed by atoms with Crippen molar-refractivity contribution in [2.75, 3.05) is 7.05 Å². The Morgan fingerprint density at radius 1 is 1.43 bits per heavy atom. The molecule has 0 bridgehead atoms. The molecule has 1 atom stereocenters. The fourth-order valence-corrected chi connectivity index (χ4v) is 4.78. The number of hydrogen-bond acceptors (Lipinski definition) is 8. The highest BCUT2D eigenvalue weighted by atomic mass is 32.2. The Balaban J connectivity index is 1.70. The van der Waals surface area contributed by atoms with Crippen LogP contribution in [0.5, 0.6) is 0 Å². The van der Waals surface area contributed by atoms with Crippen LogP contribution in [0.3, 0.4) is 0 Å². The van der Waals surface area contributed by atoms with Gasteiger partial charge >= 0.3 is 23.7 Å². The van der Waals surface area contributed by atoms with E-state index >= 15 is 0 Å². The smallest absolute Gasteiger partial charge is 0.361 e. The quantitative estimate of drug-likeness (QED) is 0.539. The lowest BCUT2D eigenvalue weighted by molar-refractivity contribution is -0.453. The van der Waals surface area contributed by atoms with Gasteiger partial charge in [-0.25, -0.2) is 17.9 Å². The molecule has 4 rings (SSSR count). The third kappa shape index (κ3) is 3.45. The number of carbonyl (C=O) groups is 3. The number of allylic oxidation sites excluding steroid dienone is 1. The predicted molar refractivity (Wildman–Crippen MR) is 101 cm³/mol. The molecule has 4 amide bonds. The number of urea groups is 1. The summed E-state index contributed by atoms with van der Waals surface area (Å²) in [6.07, 6.45) is 5.62. The third-order valence-corrected chi connectivity index (χ3v) is 6.91. The molecule has 1 unspecified atom stereocenters. The van der Waals surface area contributed by atoms with Gasteiger partial charge < -0.3 is 10.3 Å². The molecule has 12 nitrogen and oxygen atoms in total. The van der Waals surface area contributed by atoms with Crippen LogP contribution in [-0.2, 0) is 21.4 Å². The zero-order valence-electron chi connectivity index (χ0n) is 16.2. The summed E-state index contributed by atoms with van der Waals surface area (Å²) in [6.45, 7) is 1.60. The highest BCUT2D eigenvalue weighted by molar-refractivity contribution is 7.90. The van der Waals surface area contributed by atoms with Gasteiger partial charge in [-0.2, -0.15) is 19.3 Å². The van der Waals surface area contributed by atoms with Crippen LogP contribution >= 0.6 is 0 Å². The number of fused-ring (bicyclic) bond motifs is 1. The Bertz CT molecular complexity index is 1170. The molecule has 158 valence electrons.